The molecule has 0 fully saturated rings. The van der Waals surface area contributed by atoms with Crippen molar-refractivity contribution in [2.75, 3.05) is 0 Å². The molecule has 1 unspecified atom stereocenters. The molecule has 0 spiro atoms. The Balaban J connectivity index is 4.56. The summed E-state index contributed by atoms with van der Waals surface area (Å²) >= 11 is 2.36. The van der Waals surface area contributed by atoms with E-state index in [9.17, 15) is 4.79 Å². The van der Waals surface area contributed by atoms with Crippen molar-refractivity contribution in [3.05, 3.63) is 0 Å². The molecule has 78 valence electrons. The third-order valence-corrected chi connectivity index (χ3v) is 2.52. The van der Waals surface area contributed by atoms with E-state index in [1.54, 1.807) is 6.92 Å². The molecule has 2 nitrogen and oxygen atoms in total. The van der Waals surface area contributed by atoms with Crippen LogP contribution in [0.15, 0.2) is 0 Å². The molecule has 0 amide bonds. The summed E-state index contributed by atoms with van der Waals surface area (Å²) in [6, 6.07) is 0. The summed E-state index contributed by atoms with van der Waals surface area (Å²) in [6.07, 6.45) is 0.840. The molecule has 13 heavy (non-hydrogen) atoms. The summed E-state index contributed by atoms with van der Waals surface area (Å²) in [7, 11) is 0. The molecule has 0 aromatic heterocycles. The highest BCUT2D eigenvalue weighted by atomic mass is 127. The third kappa shape index (κ3) is 5.62. The number of carbonyl (C=O) groups is 1. The number of hydrogen-bond acceptors (Lipinski definition) is 2. The quantitative estimate of drug-likeness (QED) is 0.640. The SMILES string of the molecule is CC(=O)C(CC(C)(C)I)C(C)(C)N. The van der Waals surface area contributed by atoms with Gasteiger partial charge in [-0.25, -0.2) is 0 Å². The van der Waals surface area contributed by atoms with Gasteiger partial charge >= 0.3 is 0 Å². The molecule has 0 aliphatic carbocycles. The van der Waals surface area contributed by atoms with Gasteiger partial charge in [-0.15, -0.1) is 0 Å². The maximum absolute atomic E-state index is 11.4. The first-order valence-electron chi connectivity index (χ1n) is 4.52. The van der Waals surface area contributed by atoms with Crippen LogP contribution >= 0.6 is 22.6 Å². The molecule has 1 atom stereocenters. The number of nitrogens with two attached hydrogens (primary N) is 1. The Labute approximate surface area is 94.8 Å². The number of ketones is 1. The zero-order valence-electron chi connectivity index (χ0n) is 9.15. The van der Waals surface area contributed by atoms with E-state index in [0.717, 1.165) is 6.42 Å². The van der Waals surface area contributed by atoms with Crippen molar-refractivity contribution >= 4 is 28.4 Å². The molecule has 0 rings (SSSR count). The predicted octanol–water partition coefficient (Wildman–Crippen LogP) is 2.53. The van der Waals surface area contributed by atoms with E-state index in [1.165, 1.54) is 0 Å². The van der Waals surface area contributed by atoms with Crippen molar-refractivity contribution in [3.8, 4) is 0 Å². The van der Waals surface area contributed by atoms with Gasteiger partial charge in [0.1, 0.15) is 5.78 Å². The molecule has 2 N–H and O–H groups in total. The Bertz CT molecular complexity index is 188. The lowest BCUT2D eigenvalue weighted by atomic mass is 9.80. The minimum atomic E-state index is -0.408. The van der Waals surface area contributed by atoms with Gasteiger partial charge in [-0.05, 0) is 27.2 Å². The van der Waals surface area contributed by atoms with Crippen LogP contribution in [-0.2, 0) is 4.79 Å². The first kappa shape index (κ1) is 13.4. The smallest absolute Gasteiger partial charge is 0.134 e. The highest BCUT2D eigenvalue weighted by Crippen LogP contribution is 2.31. The predicted molar refractivity (Wildman–Crippen MR) is 65.2 cm³/mol. The lowest BCUT2D eigenvalue weighted by Gasteiger charge is -2.32. The summed E-state index contributed by atoms with van der Waals surface area (Å²) in [6.45, 7) is 9.70. The van der Waals surface area contributed by atoms with Crippen LogP contribution in [0.25, 0.3) is 0 Å². The average molecular weight is 297 g/mol. The van der Waals surface area contributed by atoms with Crippen LogP contribution < -0.4 is 5.73 Å². The number of Topliss-reactive ketones (excluding diaryl/α,β-unsaturated/α-hetero) is 1. The van der Waals surface area contributed by atoms with Crippen LogP contribution in [0.2, 0.25) is 0 Å². The molecular weight excluding hydrogens is 277 g/mol. The Morgan fingerprint density at radius 3 is 1.85 bits per heavy atom. The van der Waals surface area contributed by atoms with Crippen molar-refractivity contribution in [1.29, 1.82) is 0 Å². The Morgan fingerprint density at radius 1 is 1.38 bits per heavy atom. The Kier molecular flexibility index (Phi) is 4.37. The van der Waals surface area contributed by atoms with E-state index in [-0.39, 0.29) is 15.1 Å². The van der Waals surface area contributed by atoms with Crippen molar-refractivity contribution in [2.24, 2.45) is 11.7 Å². The van der Waals surface area contributed by atoms with Crippen molar-refractivity contribution in [3.63, 3.8) is 0 Å². The van der Waals surface area contributed by atoms with Gasteiger partial charge in [-0.1, -0.05) is 36.4 Å². The van der Waals surface area contributed by atoms with Gasteiger partial charge in [0.25, 0.3) is 0 Å². The van der Waals surface area contributed by atoms with E-state index in [4.69, 9.17) is 5.73 Å². The van der Waals surface area contributed by atoms with Gasteiger partial charge in [0.2, 0.25) is 0 Å². The molecule has 0 aromatic carbocycles. The summed E-state index contributed by atoms with van der Waals surface area (Å²) in [5.41, 5.74) is 5.56. The van der Waals surface area contributed by atoms with Crippen LogP contribution in [0.4, 0.5) is 0 Å². The van der Waals surface area contributed by atoms with Gasteiger partial charge in [-0.2, -0.15) is 0 Å². The number of alkyl halides is 1. The number of carbonyl (C=O) groups excluding carboxylic acids is 1. The molecule has 0 heterocycles. The highest BCUT2D eigenvalue weighted by Gasteiger charge is 2.33. The molecule has 0 aliphatic heterocycles. The zero-order valence-corrected chi connectivity index (χ0v) is 11.3. The fraction of sp³-hybridized carbons (Fsp3) is 0.900. The van der Waals surface area contributed by atoms with Crippen molar-refractivity contribution in [1.82, 2.24) is 0 Å². The molecule has 3 heteroatoms. The summed E-state index contributed by atoms with van der Waals surface area (Å²) in [5, 5.41) is 0. The largest absolute Gasteiger partial charge is 0.325 e. The zero-order chi connectivity index (χ0) is 10.9. The van der Waals surface area contributed by atoms with Crippen LogP contribution in [0, 0.1) is 5.92 Å². The molecule has 0 aliphatic rings. The monoisotopic (exact) mass is 297 g/mol. The van der Waals surface area contributed by atoms with Crippen molar-refractivity contribution < 1.29 is 4.79 Å². The highest BCUT2D eigenvalue weighted by molar-refractivity contribution is 14.1. The summed E-state index contributed by atoms with van der Waals surface area (Å²) in [5.74, 6) is 0.150. The van der Waals surface area contributed by atoms with Gasteiger partial charge in [0.15, 0.2) is 0 Å². The van der Waals surface area contributed by atoms with E-state index in [2.05, 4.69) is 36.4 Å². The van der Waals surface area contributed by atoms with Gasteiger partial charge < -0.3 is 5.73 Å². The Morgan fingerprint density at radius 2 is 1.77 bits per heavy atom. The number of rotatable bonds is 4. The normalized spacial score (nSPS) is 15.6. The molecule has 0 saturated carbocycles. The maximum atomic E-state index is 11.4. The Hall–Kier alpha value is 0.360. The van der Waals surface area contributed by atoms with Crippen LogP contribution in [0.1, 0.15) is 41.0 Å². The van der Waals surface area contributed by atoms with Gasteiger partial charge in [0, 0.05) is 14.9 Å². The summed E-state index contributed by atoms with van der Waals surface area (Å²) < 4.78 is 0.130. The standard InChI is InChI=1S/C10H20INO/c1-7(13)8(10(4,5)12)6-9(2,3)11/h8H,6,12H2,1-5H3. The average Bonchev–Trinajstić information content (AvgIpc) is 1.77. The van der Waals surface area contributed by atoms with E-state index < -0.39 is 5.54 Å². The fourth-order valence-electron chi connectivity index (χ4n) is 1.42. The maximum Gasteiger partial charge on any atom is 0.134 e. The lowest BCUT2D eigenvalue weighted by molar-refractivity contribution is -0.122. The first-order chi connectivity index (χ1) is 5.54. The van der Waals surface area contributed by atoms with Crippen LogP contribution in [-0.4, -0.2) is 14.7 Å². The molecule has 0 bridgehead atoms. The minimum Gasteiger partial charge on any atom is -0.325 e. The third-order valence-electron chi connectivity index (χ3n) is 2.08. The molecule has 0 saturated heterocycles. The fourth-order valence-corrected chi connectivity index (χ4v) is 1.86. The summed E-state index contributed by atoms with van der Waals surface area (Å²) in [4.78, 5) is 11.4. The number of hydrogen-bond donors (Lipinski definition) is 1. The molecule has 0 radical (unpaired) electrons. The topological polar surface area (TPSA) is 43.1 Å². The van der Waals surface area contributed by atoms with E-state index in [1.807, 2.05) is 13.8 Å². The first-order valence-corrected chi connectivity index (χ1v) is 5.60. The van der Waals surface area contributed by atoms with E-state index in [0.29, 0.717) is 0 Å². The lowest BCUT2D eigenvalue weighted by Crippen LogP contribution is -2.46. The van der Waals surface area contributed by atoms with Gasteiger partial charge in [-0.3, -0.25) is 4.79 Å². The molecule has 0 aromatic rings. The van der Waals surface area contributed by atoms with Crippen LogP contribution in [0.5, 0.6) is 0 Å². The second-order valence-electron chi connectivity index (χ2n) is 4.91. The van der Waals surface area contributed by atoms with Crippen molar-refractivity contribution in [2.45, 2.75) is 50.0 Å². The second-order valence-corrected chi connectivity index (χ2v) is 7.83. The second kappa shape index (κ2) is 4.26. The number of halogens is 1. The van der Waals surface area contributed by atoms with Crippen LogP contribution in [0.3, 0.4) is 0 Å². The van der Waals surface area contributed by atoms with E-state index >= 15 is 0 Å². The molecular formula is C10H20INO. The van der Waals surface area contributed by atoms with Gasteiger partial charge in [0.05, 0.1) is 0 Å². The minimum absolute atomic E-state index is 0.0422.